The zero-order valence-electron chi connectivity index (χ0n) is 14.5. The third kappa shape index (κ3) is 11.6. The van der Waals surface area contributed by atoms with Gasteiger partial charge in [-0.2, -0.15) is 9.90 Å². The molecule has 0 aromatic carbocycles. The summed E-state index contributed by atoms with van der Waals surface area (Å²) in [5.74, 6) is 0. The molecule has 0 spiro atoms. The molecule has 0 saturated carbocycles. The molecule has 0 aromatic heterocycles. The molecule has 0 aliphatic carbocycles. The van der Waals surface area contributed by atoms with E-state index in [9.17, 15) is 0 Å². The first-order valence-corrected chi connectivity index (χ1v) is 9.92. The first-order valence-electron chi connectivity index (χ1n) is 8.80. The Balaban J connectivity index is 0. The predicted molar refractivity (Wildman–Crippen MR) is 104 cm³/mol. The summed E-state index contributed by atoms with van der Waals surface area (Å²) in [5.41, 5.74) is 0.689. The lowest BCUT2D eigenvalue weighted by Gasteiger charge is -2.35. The molecule has 0 fully saturated rings. The third-order valence-electron chi connectivity index (χ3n) is 4.52. The second kappa shape index (κ2) is 16.3. The smallest absolute Gasteiger partial charge is 0.00313 e. The highest BCUT2D eigenvalue weighted by molar-refractivity contribution is 9.09. The Hall–Kier alpha value is 0.910. The van der Waals surface area contributed by atoms with Crippen molar-refractivity contribution >= 4 is 25.8 Å². The number of halogens is 1. The molecule has 0 N–H and O–H groups in total. The third-order valence-corrected chi connectivity index (χ3v) is 5.08. The van der Waals surface area contributed by atoms with Crippen molar-refractivity contribution in [2.45, 2.75) is 104 Å². The molecular formula is C18H40BrP. The molecule has 0 radical (unpaired) electrons. The summed E-state index contributed by atoms with van der Waals surface area (Å²) < 4.78 is 0. The zero-order chi connectivity index (χ0) is 14.4. The molecule has 0 rings (SSSR count). The van der Waals surface area contributed by atoms with Crippen molar-refractivity contribution < 1.29 is 0 Å². The summed E-state index contributed by atoms with van der Waals surface area (Å²) in [7, 11) is 0. The number of hydrogen-bond donors (Lipinski definition) is 0. The Morgan fingerprint density at radius 3 is 1.35 bits per heavy atom. The highest BCUT2D eigenvalue weighted by atomic mass is 79.9. The molecule has 0 heterocycles. The average molecular weight is 367 g/mol. The van der Waals surface area contributed by atoms with Gasteiger partial charge in [-0.05, 0) is 37.5 Å². The van der Waals surface area contributed by atoms with Crippen molar-refractivity contribution in [3.63, 3.8) is 0 Å². The van der Waals surface area contributed by atoms with Crippen LogP contribution in [0.3, 0.4) is 0 Å². The Labute approximate surface area is 141 Å². The van der Waals surface area contributed by atoms with Crippen LogP contribution in [0.1, 0.15) is 104 Å². The molecule has 0 nitrogen and oxygen atoms in total. The van der Waals surface area contributed by atoms with Gasteiger partial charge < -0.3 is 0 Å². The summed E-state index contributed by atoms with van der Waals surface area (Å²) in [4.78, 5) is 0. The lowest BCUT2D eigenvalue weighted by atomic mass is 9.71. The van der Waals surface area contributed by atoms with Crippen molar-refractivity contribution in [1.29, 1.82) is 0 Å². The summed E-state index contributed by atoms with van der Waals surface area (Å²) >= 11 is 3.56. The summed E-state index contributed by atoms with van der Waals surface area (Å²) in [5, 5.41) is 1.18. The van der Waals surface area contributed by atoms with Crippen molar-refractivity contribution in [2.24, 2.45) is 5.41 Å². The maximum Gasteiger partial charge on any atom is 0.00313 e. The quantitative estimate of drug-likeness (QED) is 0.169. The molecule has 124 valence electrons. The second-order valence-corrected chi connectivity index (χ2v) is 7.10. The van der Waals surface area contributed by atoms with Crippen LogP contribution in [0.4, 0.5) is 0 Å². The Morgan fingerprint density at radius 1 is 0.600 bits per heavy atom. The lowest BCUT2D eigenvalue weighted by Crippen LogP contribution is -2.21. The van der Waals surface area contributed by atoms with Gasteiger partial charge in [0.25, 0.3) is 0 Å². The van der Waals surface area contributed by atoms with Crippen LogP contribution >= 0.6 is 25.8 Å². The van der Waals surface area contributed by atoms with Crippen molar-refractivity contribution in [3.05, 3.63) is 0 Å². The summed E-state index contributed by atoms with van der Waals surface area (Å²) in [6, 6.07) is 0. The van der Waals surface area contributed by atoms with Gasteiger partial charge in [0.1, 0.15) is 0 Å². The first kappa shape index (κ1) is 23.2. The van der Waals surface area contributed by atoms with E-state index in [0.29, 0.717) is 5.41 Å². The minimum atomic E-state index is 0. The van der Waals surface area contributed by atoms with Crippen molar-refractivity contribution in [3.8, 4) is 0 Å². The van der Waals surface area contributed by atoms with E-state index in [0.717, 1.165) is 0 Å². The molecule has 0 bridgehead atoms. The van der Waals surface area contributed by atoms with E-state index in [1.54, 1.807) is 0 Å². The topological polar surface area (TPSA) is 0 Å². The standard InChI is InChI=1S/C18H37Br.H3P/c1-4-7-13-18(14-8-5-2,15-9-6-3)16-11-10-12-17-19;/h4-17H2,1-3H3;1H3. The summed E-state index contributed by atoms with van der Waals surface area (Å²) in [6.07, 6.45) is 18.5. The van der Waals surface area contributed by atoms with Crippen molar-refractivity contribution in [1.82, 2.24) is 0 Å². The lowest BCUT2D eigenvalue weighted by molar-refractivity contribution is 0.176. The van der Waals surface area contributed by atoms with E-state index in [4.69, 9.17) is 0 Å². The molecule has 1 unspecified atom stereocenters. The van der Waals surface area contributed by atoms with Crippen molar-refractivity contribution in [2.75, 3.05) is 5.33 Å². The van der Waals surface area contributed by atoms with Gasteiger partial charge in [0.15, 0.2) is 0 Å². The second-order valence-electron chi connectivity index (χ2n) is 6.31. The molecule has 0 saturated heterocycles. The fraction of sp³-hybridized carbons (Fsp3) is 1.00. The minimum Gasteiger partial charge on any atom is -0.153 e. The van der Waals surface area contributed by atoms with E-state index >= 15 is 0 Å². The molecule has 0 amide bonds. The minimum absolute atomic E-state index is 0. The Morgan fingerprint density at radius 2 is 1.00 bits per heavy atom. The molecule has 20 heavy (non-hydrogen) atoms. The molecule has 0 aliphatic heterocycles. The number of hydrogen-bond acceptors (Lipinski definition) is 0. The number of rotatable bonds is 14. The van der Waals surface area contributed by atoms with Gasteiger partial charge in [0.2, 0.25) is 0 Å². The Kier molecular flexibility index (Phi) is 18.9. The van der Waals surface area contributed by atoms with Crippen LogP contribution in [0.15, 0.2) is 0 Å². The van der Waals surface area contributed by atoms with Gasteiger partial charge in [0, 0.05) is 5.33 Å². The first-order chi connectivity index (χ1) is 9.24. The highest BCUT2D eigenvalue weighted by Crippen LogP contribution is 2.41. The van der Waals surface area contributed by atoms with Gasteiger partial charge in [-0.3, -0.25) is 0 Å². The zero-order valence-corrected chi connectivity index (χ0v) is 17.5. The molecule has 2 heteroatoms. The van der Waals surface area contributed by atoms with E-state index in [1.807, 2.05) is 0 Å². The highest BCUT2D eigenvalue weighted by Gasteiger charge is 2.27. The van der Waals surface area contributed by atoms with Gasteiger partial charge in [-0.1, -0.05) is 88.1 Å². The van der Waals surface area contributed by atoms with Crippen LogP contribution in [0, 0.1) is 5.41 Å². The van der Waals surface area contributed by atoms with Gasteiger partial charge in [-0.25, -0.2) is 0 Å². The fourth-order valence-electron chi connectivity index (χ4n) is 3.18. The molecule has 1 atom stereocenters. The maximum atomic E-state index is 3.56. The molecular weight excluding hydrogens is 327 g/mol. The van der Waals surface area contributed by atoms with Crippen LogP contribution in [-0.2, 0) is 0 Å². The van der Waals surface area contributed by atoms with Crippen LogP contribution < -0.4 is 0 Å². The molecule has 0 aliphatic rings. The van der Waals surface area contributed by atoms with E-state index in [1.165, 1.54) is 88.8 Å². The fourth-order valence-corrected chi connectivity index (χ4v) is 3.57. The average Bonchev–Trinajstić information content (AvgIpc) is 2.44. The molecule has 0 aromatic rings. The van der Waals surface area contributed by atoms with Crippen LogP contribution in [0.25, 0.3) is 0 Å². The SMILES string of the molecule is CCCCC(CCCC)(CCCC)CCCCCBr.P. The van der Waals surface area contributed by atoms with E-state index < -0.39 is 0 Å². The number of unbranched alkanes of at least 4 members (excludes halogenated alkanes) is 5. The van der Waals surface area contributed by atoms with Crippen LogP contribution in [0.2, 0.25) is 0 Å². The van der Waals surface area contributed by atoms with Crippen LogP contribution in [0.5, 0.6) is 0 Å². The van der Waals surface area contributed by atoms with Crippen LogP contribution in [-0.4, -0.2) is 5.33 Å². The Bertz CT molecular complexity index is 160. The van der Waals surface area contributed by atoms with Gasteiger partial charge in [-0.15, -0.1) is 0 Å². The maximum absolute atomic E-state index is 3.56. The van der Waals surface area contributed by atoms with E-state index in [-0.39, 0.29) is 9.90 Å². The van der Waals surface area contributed by atoms with Gasteiger partial charge in [0.05, 0.1) is 0 Å². The summed E-state index contributed by atoms with van der Waals surface area (Å²) in [6.45, 7) is 7.03. The predicted octanol–water partition coefficient (Wildman–Crippen LogP) is 7.56. The normalized spacial score (nSPS) is 11.4. The monoisotopic (exact) mass is 366 g/mol. The largest absolute Gasteiger partial charge is 0.153 e. The van der Waals surface area contributed by atoms with Gasteiger partial charge >= 0.3 is 0 Å². The number of alkyl halides is 1. The van der Waals surface area contributed by atoms with E-state index in [2.05, 4.69) is 36.7 Å².